The standard InChI is InChI=1S/C19H16ClF3N2O5S/c20-14-3-6-16(12(7-14)8-24)31(28,29)25-9-17(18(27,10-25)11-26)30-15-4-1-13(2-5-15)19(21,22)23/h1-7,17,26-27H,9-11H2/t17-,18+/m0/s1. The third-order valence-corrected chi connectivity index (χ3v) is 6.94. The SMILES string of the molecule is N#Cc1cc(Cl)ccc1S(=O)(=O)N1C[C@H](Oc2ccc(C(F)(F)F)cc2)[C@](O)(CO)C1. The van der Waals surface area contributed by atoms with Crippen molar-refractivity contribution >= 4 is 21.6 Å². The van der Waals surface area contributed by atoms with Crippen molar-refractivity contribution in [2.75, 3.05) is 19.7 Å². The van der Waals surface area contributed by atoms with E-state index >= 15 is 0 Å². The summed E-state index contributed by atoms with van der Waals surface area (Å²) < 4.78 is 70.6. The summed E-state index contributed by atoms with van der Waals surface area (Å²) >= 11 is 5.80. The lowest BCUT2D eigenvalue weighted by Gasteiger charge is -2.27. The zero-order chi connectivity index (χ0) is 23.0. The van der Waals surface area contributed by atoms with Crippen molar-refractivity contribution in [1.29, 1.82) is 5.26 Å². The van der Waals surface area contributed by atoms with Gasteiger partial charge in [0.2, 0.25) is 10.0 Å². The molecular weight excluding hydrogens is 461 g/mol. The minimum Gasteiger partial charge on any atom is -0.486 e. The Kier molecular flexibility index (Phi) is 6.23. The molecule has 1 fully saturated rings. The molecule has 2 atom stereocenters. The summed E-state index contributed by atoms with van der Waals surface area (Å²) in [7, 11) is -4.28. The summed E-state index contributed by atoms with van der Waals surface area (Å²) in [4.78, 5) is -0.338. The first-order valence-electron chi connectivity index (χ1n) is 8.78. The maximum Gasteiger partial charge on any atom is 0.416 e. The van der Waals surface area contributed by atoms with Crippen LogP contribution in [0.2, 0.25) is 5.02 Å². The van der Waals surface area contributed by atoms with E-state index in [-0.39, 0.29) is 21.2 Å². The van der Waals surface area contributed by atoms with Gasteiger partial charge in [0.1, 0.15) is 28.4 Å². The maximum absolute atomic E-state index is 13.0. The van der Waals surface area contributed by atoms with Gasteiger partial charge in [0, 0.05) is 11.6 Å². The van der Waals surface area contributed by atoms with Gasteiger partial charge in [-0.2, -0.15) is 22.7 Å². The number of β-amino-alcohol motifs (C(OH)–C–C–N with tert-alkyl or cyclic N) is 1. The van der Waals surface area contributed by atoms with E-state index in [0.717, 1.165) is 34.6 Å². The number of benzene rings is 2. The van der Waals surface area contributed by atoms with Crippen LogP contribution in [0.5, 0.6) is 5.75 Å². The molecule has 1 aliphatic rings. The molecule has 0 bridgehead atoms. The van der Waals surface area contributed by atoms with Crippen LogP contribution in [-0.4, -0.2) is 54.3 Å². The zero-order valence-electron chi connectivity index (χ0n) is 15.7. The van der Waals surface area contributed by atoms with Gasteiger partial charge in [-0.25, -0.2) is 8.42 Å². The molecule has 166 valence electrons. The van der Waals surface area contributed by atoms with E-state index in [2.05, 4.69) is 0 Å². The Labute approximate surface area is 180 Å². The molecule has 1 aliphatic heterocycles. The lowest BCUT2D eigenvalue weighted by atomic mass is 10.0. The smallest absolute Gasteiger partial charge is 0.416 e. The number of nitriles is 1. The van der Waals surface area contributed by atoms with Crippen LogP contribution in [0.25, 0.3) is 0 Å². The molecule has 0 saturated carbocycles. The van der Waals surface area contributed by atoms with Crippen LogP contribution in [0.1, 0.15) is 11.1 Å². The highest BCUT2D eigenvalue weighted by molar-refractivity contribution is 7.89. The highest BCUT2D eigenvalue weighted by atomic mass is 35.5. The molecule has 7 nitrogen and oxygen atoms in total. The van der Waals surface area contributed by atoms with E-state index in [4.69, 9.17) is 16.3 Å². The Morgan fingerprint density at radius 2 is 1.90 bits per heavy atom. The number of halogens is 4. The van der Waals surface area contributed by atoms with Gasteiger partial charge in [0.25, 0.3) is 0 Å². The molecule has 0 aromatic heterocycles. The van der Waals surface area contributed by atoms with E-state index in [1.54, 1.807) is 6.07 Å². The predicted octanol–water partition coefficient (Wildman–Crippen LogP) is 2.41. The molecular formula is C19H16ClF3N2O5S. The first kappa shape index (κ1) is 23.3. The molecule has 2 aromatic carbocycles. The topological polar surface area (TPSA) is 111 Å². The lowest BCUT2D eigenvalue weighted by Crippen LogP contribution is -2.48. The fourth-order valence-corrected chi connectivity index (χ4v) is 4.95. The molecule has 0 amide bonds. The molecule has 0 aliphatic carbocycles. The first-order chi connectivity index (χ1) is 14.4. The van der Waals surface area contributed by atoms with Gasteiger partial charge < -0.3 is 14.9 Å². The normalized spacial score (nSPS) is 22.3. The third kappa shape index (κ3) is 4.63. The summed E-state index contributed by atoms with van der Waals surface area (Å²) in [6, 6.07) is 8.99. The molecule has 1 heterocycles. The lowest BCUT2D eigenvalue weighted by molar-refractivity contribution is -0.137. The van der Waals surface area contributed by atoms with Crippen LogP contribution in [0.4, 0.5) is 13.2 Å². The van der Waals surface area contributed by atoms with Crippen LogP contribution in [0, 0.1) is 11.3 Å². The number of sulfonamides is 1. The van der Waals surface area contributed by atoms with Crippen LogP contribution < -0.4 is 4.74 Å². The molecule has 2 N–H and O–H groups in total. The van der Waals surface area contributed by atoms with Gasteiger partial charge in [0.15, 0.2) is 0 Å². The zero-order valence-corrected chi connectivity index (χ0v) is 17.2. The molecule has 31 heavy (non-hydrogen) atoms. The van der Waals surface area contributed by atoms with Crippen LogP contribution in [0.3, 0.4) is 0 Å². The van der Waals surface area contributed by atoms with E-state index in [1.165, 1.54) is 12.1 Å². The second-order valence-electron chi connectivity index (χ2n) is 6.94. The minimum absolute atomic E-state index is 0.0478. The van der Waals surface area contributed by atoms with Crippen molar-refractivity contribution in [3.8, 4) is 11.8 Å². The second-order valence-corrected chi connectivity index (χ2v) is 9.28. The van der Waals surface area contributed by atoms with Crippen LogP contribution in [0.15, 0.2) is 47.4 Å². The van der Waals surface area contributed by atoms with E-state index in [9.17, 15) is 37.1 Å². The highest BCUT2D eigenvalue weighted by Crippen LogP contribution is 2.34. The number of nitrogens with zero attached hydrogens (tertiary/aromatic N) is 2. The predicted molar refractivity (Wildman–Crippen MR) is 103 cm³/mol. The van der Waals surface area contributed by atoms with Gasteiger partial charge in [-0.05, 0) is 42.5 Å². The maximum atomic E-state index is 13.0. The molecule has 0 unspecified atom stereocenters. The number of aliphatic hydroxyl groups is 2. The Morgan fingerprint density at radius 3 is 2.45 bits per heavy atom. The summed E-state index contributed by atoms with van der Waals surface area (Å²) in [5.74, 6) is -0.0478. The van der Waals surface area contributed by atoms with Crippen molar-refractivity contribution < 1.29 is 36.5 Å². The Hall–Kier alpha value is -2.36. The van der Waals surface area contributed by atoms with E-state index < -0.39 is 53.2 Å². The van der Waals surface area contributed by atoms with Gasteiger partial charge in [-0.15, -0.1) is 0 Å². The Morgan fingerprint density at radius 1 is 1.26 bits per heavy atom. The monoisotopic (exact) mass is 476 g/mol. The van der Waals surface area contributed by atoms with Gasteiger partial charge in [0.05, 0.1) is 24.3 Å². The second kappa shape index (κ2) is 8.29. The number of alkyl halides is 3. The van der Waals surface area contributed by atoms with E-state index in [1.807, 2.05) is 0 Å². The Balaban J connectivity index is 1.88. The molecule has 1 saturated heterocycles. The number of ether oxygens (including phenoxy) is 1. The number of rotatable bonds is 5. The van der Waals surface area contributed by atoms with Gasteiger partial charge in [-0.1, -0.05) is 11.6 Å². The molecule has 12 heteroatoms. The molecule has 3 rings (SSSR count). The van der Waals surface area contributed by atoms with Crippen molar-refractivity contribution in [2.24, 2.45) is 0 Å². The summed E-state index contributed by atoms with van der Waals surface area (Å²) in [5.41, 5.74) is -3.12. The van der Waals surface area contributed by atoms with Crippen molar-refractivity contribution in [3.63, 3.8) is 0 Å². The number of aliphatic hydroxyl groups excluding tert-OH is 1. The average molecular weight is 477 g/mol. The van der Waals surface area contributed by atoms with Crippen LogP contribution >= 0.6 is 11.6 Å². The van der Waals surface area contributed by atoms with Crippen LogP contribution in [-0.2, 0) is 16.2 Å². The minimum atomic E-state index is -4.54. The highest BCUT2D eigenvalue weighted by Gasteiger charge is 2.51. The summed E-state index contributed by atoms with van der Waals surface area (Å²) in [5, 5.41) is 29.8. The third-order valence-electron chi connectivity index (χ3n) is 4.83. The number of hydrogen-bond acceptors (Lipinski definition) is 6. The first-order valence-corrected chi connectivity index (χ1v) is 10.6. The quantitative estimate of drug-likeness (QED) is 0.685. The fraction of sp³-hybridized carbons (Fsp3) is 0.316. The van der Waals surface area contributed by atoms with Crippen molar-refractivity contribution in [2.45, 2.75) is 22.8 Å². The van der Waals surface area contributed by atoms with Gasteiger partial charge >= 0.3 is 6.18 Å². The van der Waals surface area contributed by atoms with E-state index in [0.29, 0.717) is 0 Å². The largest absolute Gasteiger partial charge is 0.486 e. The fourth-order valence-electron chi connectivity index (χ4n) is 3.15. The van der Waals surface area contributed by atoms with Crippen molar-refractivity contribution in [1.82, 2.24) is 4.31 Å². The number of hydrogen-bond donors (Lipinski definition) is 2. The molecule has 0 spiro atoms. The summed E-state index contributed by atoms with van der Waals surface area (Å²) in [6.45, 7) is -1.82. The summed E-state index contributed by atoms with van der Waals surface area (Å²) in [6.07, 6.45) is -5.82. The van der Waals surface area contributed by atoms with Crippen molar-refractivity contribution in [3.05, 3.63) is 58.6 Å². The Bertz CT molecular complexity index is 1120. The molecule has 2 aromatic rings. The van der Waals surface area contributed by atoms with Gasteiger partial charge in [-0.3, -0.25) is 0 Å². The average Bonchev–Trinajstić information content (AvgIpc) is 3.05. The molecule has 0 radical (unpaired) electrons.